The fourth-order valence-electron chi connectivity index (χ4n) is 5.98. The molecule has 0 aromatic heterocycles. The van der Waals surface area contributed by atoms with Crippen molar-refractivity contribution in [2.24, 2.45) is 0 Å². The topological polar surface area (TPSA) is 128 Å². The van der Waals surface area contributed by atoms with Gasteiger partial charge in [-0.2, -0.15) is 0 Å². The number of hydrogen-bond donors (Lipinski definition) is 0. The molecule has 0 rings (SSSR count). The largest absolute Gasteiger partial charge is 0.756 e. The van der Waals surface area contributed by atoms with Gasteiger partial charge in [0.05, 0.1) is 27.7 Å². The van der Waals surface area contributed by atoms with Crippen molar-refractivity contribution in [3.8, 4) is 0 Å². The van der Waals surface area contributed by atoms with Crippen molar-refractivity contribution in [3.05, 3.63) is 36.5 Å². The molecule has 0 aromatic carbocycles. The Morgan fingerprint density at radius 1 is 0.579 bits per heavy atom. The highest BCUT2D eigenvalue weighted by Crippen LogP contribution is 2.38. The summed E-state index contributed by atoms with van der Waals surface area (Å²) in [6.07, 6.45) is 38.6. The second kappa shape index (κ2) is 38.1. The van der Waals surface area contributed by atoms with Gasteiger partial charge < -0.3 is 27.9 Å². The third-order valence-corrected chi connectivity index (χ3v) is 10.6. The Bertz CT molecular complexity index is 1130. The molecule has 0 N–H and O–H groups in total. The van der Waals surface area contributed by atoms with Crippen LogP contribution in [0.5, 0.6) is 0 Å². The molecule has 0 amide bonds. The Kier molecular flexibility index (Phi) is 36.7. The lowest BCUT2D eigenvalue weighted by Gasteiger charge is -2.28. The van der Waals surface area contributed by atoms with Crippen LogP contribution in [0, 0.1) is 0 Å². The van der Waals surface area contributed by atoms with Crippen molar-refractivity contribution in [2.75, 3.05) is 47.5 Å². The van der Waals surface area contributed by atoms with Crippen molar-refractivity contribution < 1.29 is 46.8 Å². The molecule has 1 unspecified atom stereocenters. The number of likely N-dealkylation sites (N-methyl/N-ethyl adjacent to an activating group) is 1. The van der Waals surface area contributed by atoms with Gasteiger partial charge in [0.2, 0.25) is 0 Å². The summed E-state index contributed by atoms with van der Waals surface area (Å²) in [6, 6.07) is 0. The Balaban J connectivity index is 4.41. The number of hydrogen-bond acceptors (Lipinski definition) is 9. The van der Waals surface area contributed by atoms with E-state index in [1.54, 1.807) is 6.08 Å². The molecule has 0 aromatic rings. The molecule has 0 aliphatic rings. The average Bonchev–Trinajstić information content (AvgIpc) is 3.15. The summed E-state index contributed by atoms with van der Waals surface area (Å²) in [6.45, 7) is 4.01. The SMILES string of the molecule is CCCCCCCC/C=C\CCCCCCCCCC(=O)O[C@H](COC(=O)CCCCCCC/C=C\C=C\C(=O)CCCCC)COP(=O)([O-])OCC[N+](C)(C)C. The molecule has 0 saturated heterocycles. The lowest BCUT2D eigenvalue weighted by atomic mass is 10.1. The Morgan fingerprint density at radius 2 is 1.05 bits per heavy atom. The minimum Gasteiger partial charge on any atom is -0.756 e. The molecule has 11 heteroatoms. The highest BCUT2D eigenvalue weighted by atomic mass is 31.2. The Morgan fingerprint density at radius 3 is 1.61 bits per heavy atom. The minimum atomic E-state index is -4.64. The molecule has 0 saturated carbocycles. The lowest BCUT2D eigenvalue weighted by Crippen LogP contribution is -2.37. The lowest BCUT2D eigenvalue weighted by molar-refractivity contribution is -0.870. The molecule has 57 heavy (non-hydrogen) atoms. The Hall–Kier alpha value is -2.10. The van der Waals surface area contributed by atoms with Crippen LogP contribution in [-0.2, 0) is 37.5 Å². The van der Waals surface area contributed by atoms with Gasteiger partial charge in [-0.25, -0.2) is 0 Å². The number of rotatable bonds is 41. The van der Waals surface area contributed by atoms with Crippen LogP contribution in [0.1, 0.15) is 187 Å². The van der Waals surface area contributed by atoms with Crippen LogP contribution in [0.3, 0.4) is 0 Å². The van der Waals surface area contributed by atoms with Crippen LogP contribution >= 0.6 is 7.82 Å². The van der Waals surface area contributed by atoms with E-state index in [1.807, 2.05) is 33.3 Å². The molecule has 0 heterocycles. The zero-order chi connectivity index (χ0) is 42.3. The number of unbranched alkanes of at least 4 members (excludes halogenated alkanes) is 20. The van der Waals surface area contributed by atoms with E-state index in [0.717, 1.165) is 77.0 Å². The summed E-state index contributed by atoms with van der Waals surface area (Å²) in [5.41, 5.74) is 0. The molecule has 0 aliphatic heterocycles. The van der Waals surface area contributed by atoms with Crippen molar-refractivity contribution in [1.82, 2.24) is 0 Å². The predicted octanol–water partition coefficient (Wildman–Crippen LogP) is 11.5. The number of nitrogens with zero attached hydrogens (tertiary/aromatic N) is 1. The van der Waals surface area contributed by atoms with E-state index < -0.39 is 32.5 Å². The van der Waals surface area contributed by atoms with Gasteiger partial charge in [0.1, 0.15) is 19.8 Å². The first-order valence-corrected chi connectivity index (χ1v) is 24.1. The first-order valence-electron chi connectivity index (χ1n) is 22.6. The van der Waals surface area contributed by atoms with Gasteiger partial charge in [-0.1, -0.05) is 141 Å². The van der Waals surface area contributed by atoms with Crippen LogP contribution < -0.4 is 4.89 Å². The quantitative estimate of drug-likeness (QED) is 0.0112. The highest BCUT2D eigenvalue weighted by Gasteiger charge is 2.21. The normalized spacial score (nSPS) is 13.8. The van der Waals surface area contributed by atoms with E-state index >= 15 is 0 Å². The van der Waals surface area contributed by atoms with Gasteiger partial charge >= 0.3 is 11.9 Å². The average molecular weight is 826 g/mol. The van der Waals surface area contributed by atoms with Gasteiger partial charge in [-0.3, -0.25) is 18.9 Å². The molecule has 332 valence electrons. The first kappa shape index (κ1) is 54.9. The summed E-state index contributed by atoms with van der Waals surface area (Å²) >= 11 is 0. The van der Waals surface area contributed by atoms with Gasteiger partial charge in [0.15, 0.2) is 11.9 Å². The van der Waals surface area contributed by atoms with E-state index in [9.17, 15) is 23.8 Å². The maximum atomic E-state index is 12.7. The van der Waals surface area contributed by atoms with Crippen molar-refractivity contribution in [2.45, 2.75) is 193 Å². The zero-order valence-corrected chi connectivity index (χ0v) is 37.9. The van der Waals surface area contributed by atoms with E-state index in [2.05, 4.69) is 32.1 Å². The van der Waals surface area contributed by atoms with Gasteiger partial charge in [-0.15, -0.1) is 0 Å². The first-order chi connectivity index (χ1) is 27.4. The van der Waals surface area contributed by atoms with E-state index in [4.69, 9.17) is 18.5 Å². The smallest absolute Gasteiger partial charge is 0.306 e. The number of ether oxygens (including phenoxy) is 2. The predicted molar refractivity (Wildman–Crippen MR) is 232 cm³/mol. The van der Waals surface area contributed by atoms with Crippen LogP contribution in [0.4, 0.5) is 0 Å². The summed E-state index contributed by atoms with van der Waals surface area (Å²) in [7, 11) is 1.11. The van der Waals surface area contributed by atoms with Gasteiger partial charge in [0, 0.05) is 19.3 Å². The van der Waals surface area contributed by atoms with E-state index in [1.165, 1.54) is 64.2 Å². The number of ketones is 1. The summed E-state index contributed by atoms with van der Waals surface area (Å²) in [5.74, 6) is -0.722. The molecule has 0 fully saturated rings. The maximum Gasteiger partial charge on any atom is 0.306 e. The summed E-state index contributed by atoms with van der Waals surface area (Å²) in [5, 5.41) is 0. The standard InChI is InChI=1S/C46H84NO9P/c1-6-8-10-11-12-13-14-15-16-17-18-19-20-23-27-30-34-38-46(50)56-44(42-55-57(51,52)54-40-39-47(3,4)5)41-53-45(49)37-33-29-26-24-21-22-25-28-32-36-43(48)35-31-9-7-2/h15-16,25,28,32,36,44H,6-14,17-24,26-27,29-31,33-35,37-42H2,1-5H3/b16-15-,28-25-,36-32+/t44-/m1/s1. The molecule has 0 bridgehead atoms. The maximum absolute atomic E-state index is 12.7. The van der Waals surface area contributed by atoms with E-state index in [0.29, 0.717) is 30.3 Å². The summed E-state index contributed by atoms with van der Waals surface area (Å²) in [4.78, 5) is 49.3. The second-order valence-corrected chi connectivity index (χ2v) is 17.9. The summed E-state index contributed by atoms with van der Waals surface area (Å²) < 4.78 is 33.8. The number of carbonyl (C=O) groups excluding carboxylic acids is 3. The Labute approximate surface area is 348 Å². The molecule has 10 nitrogen and oxygen atoms in total. The highest BCUT2D eigenvalue weighted by molar-refractivity contribution is 7.45. The third kappa shape index (κ3) is 41.8. The van der Waals surface area contributed by atoms with E-state index in [-0.39, 0.29) is 31.8 Å². The molecule has 0 spiro atoms. The molecular formula is C46H84NO9P. The third-order valence-electron chi connectivity index (χ3n) is 9.61. The molecular weight excluding hydrogens is 741 g/mol. The number of quaternary nitrogens is 1. The molecule has 0 aliphatic carbocycles. The van der Waals surface area contributed by atoms with Crippen molar-refractivity contribution in [1.29, 1.82) is 0 Å². The monoisotopic (exact) mass is 826 g/mol. The van der Waals surface area contributed by atoms with Gasteiger partial charge in [0.25, 0.3) is 7.82 Å². The number of esters is 2. The fourth-order valence-corrected chi connectivity index (χ4v) is 6.71. The van der Waals surface area contributed by atoms with Crippen molar-refractivity contribution in [3.63, 3.8) is 0 Å². The number of phosphoric ester groups is 1. The zero-order valence-electron chi connectivity index (χ0n) is 37.0. The number of phosphoric acid groups is 1. The molecule has 0 radical (unpaired) electrons. The van der Waals surface area contributed by atoms with Crippen LogP contribution in [0.2, 0.25) is 0 Å². The van der Waals surface area contributed by atoms with Gasteiger partial charge in [-0.05, 0) is 63.9 Å². The fraction of sp³-hybridized carbons (Fsp3) is 0.804. The number of carbonyl (C=O) groups is 3. The number of allylic oxidation sites excluding steroid dienone is 6. The molecule has 2 atom stereocenters. The van der Waals surface area contributed by atoms with Crippen LogP contribution in [0.25, 0.3) is 0 Å². The van der Waals surface area contributed by atoms with Crippen LogP contribution in [-0.4, -0.2) is 75.8 Å². The minimum absolute atomic E-state index is 0.0461. The van der Waals surface area contributed by atoms with Crippen LogP contribution in [0.15, 0.2) is 36.5 Å². The second-order valence-electron chi connectivity index (χ2n) is 16.4. The van der Waals surface area contributed by atoms with Crippen molar-refractivity contribution >= 4 is 25.5 Å².